The van der Waals surface area contributed by atoms with Gasteiger partial charge in [0.2, 0.25) is 0 Å². The largest absolute Gasteiger partial charge is 0.506 e. The number of rotatable bonds is 0. The van der Waals surface area contributed by atoms with Gasteiger partial charge >= 0.3 is 0 Å². The molecule has 0 aliphatic heterocycles. The lowest BCUT2D eigenvalue weighted by molar-refractivity contribution is 0.460. The van der Waals surface area contributed by atoms with Gasteiger partial charge in [-0.3, -0.25) is 0 Å². The second-order valence-electron chi connectivity index (χ2n) is 2.40. The van der Waals surface area contributed by atoms with Crippen molar-refractivity contribution in [1.29, 1.82) is 0 Å². The van der Waals surface area contributed by atoms with Gasteiger partial charge in [0.25, 0.3) is 0 Å². The molecule has 1 N–H and O–H groups in total. The van der Waals surface area contributed by atoms with E-state index < -0.39 is 0 Å². The van der Waals surface area contributed by atoms with E-state index in [1.165, 1.54) is 0 Å². The predicted octanol–water partition coefficient (Wildman–Crippen LogP) is 3.66. The Labute approximate surface area is 87.6 Å². The second-order valence-corrected chi connectivity index (χ2v) is 4.59. The third-order valence-corrected chi connectivity index (χ3v) is 3.96. The third-order valence-electron chi connectivity index (χ3n) is 1.64. The highest BCUT2D eigenvalue weighted by Gasteiger charge is 2.08. The molecule has 0 aliphatic rings. The van der Waals surface area contributed by atoms with E-state index >= 15 is 0 Å². The molecule has 0 amide bonds. The first-order valence-corrected chi connectivity index (χ1v) is 5.40. The first kappa shape index (κ1) is 8.41. The lowest BCUT2D eigenvalue weighted by Gasteiger charge is -2.01. The summed E-state index contributed by atoms with van der Waals surface area (Å²) in [5, 5.41) is 12.6. The highest BCUT2D eigenvalue weighted by molar-refractivity contribution is 9.10. The summed E-state index contributed by atoms with van der Waals surface area (Å²) in [5.41, 5.74) is 0. The fraction of sp³-hybridized carbons (Fsp3) is 0. The number of phenols is 1. The summed E-state index contributed by atoms with van der Waals surface area (Å²) in [6, 6.07) is 3.86. The molecule has 0 fully saturated rings. The van der Waals surface area contributed by atoms with Crippen LogP contribution >= 0.6 is 39.9 Å². The van der Waals surface area contributed by atoms with Crippen LogP contribution in [0.15, 0.2) is 26.9 Å². The molecular weight excluding hydrogens is 256 g/mol. The first-order valence-electron chi connectivity index (χ1n) is 3.28. The van der Waals surface area contributed by atoms with Crippen LogP contribution in [0.3, 0.4) is 0 Å². The Morgan fingerprint density at radius 2 is 2.25 bits per heavy atom. The molecule has 1 aromatic heterocycles. The maximum atomic E-state index is 9.51. The van der Waals surface area contributed by atoms with Crippen molar-refractivity contribution in [2.45, 2.75) is 4.90 Å². The summed E-state index contributed by atoms with van der Waals surface area (Å²) < 4.78 is 1.80. The summed E-state index contributed by atoms with van der Waals surface area (Å²) in [4.78, 5) is 0.604. The van der Waals surface area contributed by atoms with E-state index in [0.29, 0.717) is 4.90 Å². The second kappa shape index (κ2) is 2.94. The molecule has 0 spiro atoms. The molecule has 12 heavy (non-hydrogen) atoms. The number of aromatic hydroxyl groups is 1. The van der Waals surface area contributed by atoms with Crippen molar-refractivity contribution < 1.29 is 5.11 Å². The number of phenolic OH excluding ortho intramolecular Hbond substituents is 1. The van der Waals surface area contributed by atoms with Gasteiger partial charge in [-0.05, 0) is 38.8 Å². The van der Waals surface area contributed by atoms with Crippen molar-refractivity contribution in [3.05, 3.63) is 22.0 Å². The first-order chi connectivity index (χ1) is 5.70. The molecule has 1 nitrogen and oxygen atoms in total. The minimum Gasteiger partial charge on any atom is -0.506 e. The number of benzene rings is 1. The smallest absolute Gasteiger partial charge is 0.144 e. The molecule has 0 atom stereocenters. The fourth-order valence-corrected chi connectivity index (χ4v) is 2.99. The summed E-state index contributed by atoms with van der Waals surface area (Å²) in [7, 11) is 0. The minimum atomic E-state index is 0.216. The molecule has 0 unspecified atom stereocenters. The number of halogens is 1. The van der Waals surface area contributed by atoms with E-state index in [9.17, 15) is 5.11 Å². The van der Waals surface area contributed by atoms with Gasteiger partial charge in [-0.25, -0.2) is 0 Å². The normalized spacial score (nSPS) is 10.8. The van der Waals surface area contributed by atoms with E-state index in [-0.39, 0.29) is 5.75 Å². The number of hydrogen-bond acceptors (Lipinski definition) is 3. The van der Waals surface area contributed by atoms with Crippen LogP contribution < -0.4 is 0 Å². The quantitative estimate of drug-likeness (QED) is 0.693. The summed E-state index contributed by atoms with van der Waals surface area (Å²) in [6.07, 6.45) is 0. The zero-order valence-electron chi connectivity index (χ0n) is 5.91. The molecule has 0 bridgehead atoms. The fourth-order valence-electron chi connectivity index (χ4n) is 1.05. The molecule has 62 valence electrons. The Morgan fingerprint density at radius 1 is 1.50 bits per heavy atom. The average molecular weight is 261 g/mol. The maximum absolute atomic E-state index is 9.51. The van der Waals surface area contributed by atoms with Crippen molar-refractivity contribution in [1.82, 2.24) is 0 Å². The van der Waals surface area contributed by atoms with Gasteiger partial charge in [-0.15, -0.1) is 24.0 Å². The Hall–Kier alpha value is -0.190. The van der Waals surface area contributed by atoms with Crippen LogP contribution in [0.25, 0.3) is 10.1 Å². The Balaban J connectivity index is 2.94. The molecule has 0 saturated heterocycles. The van der Waals surface area contributed by atoms with Crippen LogP contribution in [-0.4, -0.2) is 5.11 Å². The molecule has 1 heterocycles. The van der Waals surface area contributed by atoms with Gasteiger partial charge in [-0.1, -0.05) is 0 Å². The molecule has 2 rings (SSSR count). The van der Waals surface area contributed by atoms with Crippen molar-refractivity contribution in [3.8, 4) is 5.75 Å². The van der Waals surface area contributed by atoms with Crippen molar-refractivity contribution in [3.63, 3.8) is 0 Å². The van der Waals surface area contributed by atoms with Gasteiger partial charge in [0.15, 0.2) is 0 Å². The van der Waals surface area contributed by atoms with E-state index in [0.717, 1.165) is 14.6 Å². The standard InChI is InChI=1S/C8H5BrOS2/c9-6-7(10)5(11)3-4-1-2-12-8(4)6/h1-3,10-11H. The monoisotopic (exact) mass is 260 g/mol. The van der Waals surface area contributed by atoms with Crippen molar-refractivity contribution in [2.75, 3.05) is 0 Å². The van der Waals surface area contributed by atoms with E-state index in [1.54, 1.807) is 11.3 Å². The van der Waals surface area contributed by atoms with Gasteiger partial charge in [0.1, 0.15) is 5.75 Å². The minimum absolute atomic E-state index is 0.216. The molecular formula is C8H5BrOS2. The van der Waals surface area contributed by atoms with E-state index in [4.69, 9.17) is 0 Å². The zero-order chi connectivity index (χ0) is 8.72. The van der Waals surface area contributed by atoms with Gasteiger partial charge in [0.05, 0.1) is 9.17 Å². The maximum Gasteiger partial charge on any atom is 0.144 e. The number of thiophene rings is 1. The SMILES string of the molecule is Oc1c(S)cc2ccsc2c1Br. The van der Waals surface area contributed by atoms with Crippen molar-refractivity contribution in [2.24, 2.45) is 0 Å². The average Bonchev–Trinajstić information content (AvgIpc) is 2.48. The van der Waals surface area contributed by atoms with Gasteiger partial charge in [0, 0.05) is 4.90 Å². The zero-order valence-corrected chi connectivity index (χ0v) is 9.21. The summed E-state index contributed by atoms with van der Waals surface area (Å²) in [6.45, 7) is 0. The Kier molecular flexibility index (Phi) is 2.06. The molecule has 0 saturated carbocycles. The lowest BCUT2D eigenvalue weighted by atomic mass is 10.2. The predicted molar refractivity (Wildman–Crippen MR) is 58.4 cm³/mol. The molecule has 2 aromatic rings. The lowest BCUT2D eigenvalue weighted by Crippen LogP contribution is -1.72. The van der Waals surface area contributed by atoms with E-state index in [2.05, 4.69) is 28.6 Å². The third kappa shape index (κ3) is 1.14. The molecule has 1 aromatic carbocycles. The molecule has 4 heteroatoms. The van der Waals surface area contributed by atoms with Gasteiger partial charge in [-0.2, -0.15) is 0 Å². The number of hydrogen-bond donors (Lipinski definition) is 2. The van der Waals surface area contributed by atoms with Crippen molar-refractivity contribution >= 4 is 50.0 Å². The topological polar surface area (TPSA) is 20.2 Å². The summed E-state index contributed by atoms with van der Waals surface area (Å²) >= 11 is 9.06. The van der Waals surface area contributed by atoms with Crippen LogP contribution in [-0.2, 0) is 0 Å². The van der Waals surface area contributed by atoms with Crippen LogP contribution in [0.4, 0.5) is 0 Å². The van der Waals surface area contributed by atoms with Gasteiger partial charge < -0.3 is 5.11 Å². The van der Waals surface area contributed by atoms with Crippen LogP contribution in [0.1, 0.15) is 0 Å². The molecule has 0 radical (unpaired) electrons. The van der Waals surface area contributed by atoms with Crippen LogP contribution in [0.5, 0.6) is 5.75 Å². The summed E-state index contributed by atoms with van der Waals surface area (Å²) in [5.74, 6) is 0.216. The van der Waals surface area contributed by atoms with Crippen LogP contribution in [0, 0.1) is 0 Å². The number of fused-ring (bicyclic) bond motifs is 1. The highest BCUT2D eigenvalue weighted by Crippen LogP contribution is 2.39. The molecule has 0 aliphatic carbocycles. The Bertz CT molecular complexity index is 436. The van der Waals surface area contributed by atoms with Crippen LogP contribution in [0.2, 0.25) is 0 Å². The highest BCUT2D eigenvalue weighted by atomic mass is 79.9. The van der Waals surface area contributed by atoms with E-state index in [1.807, 2.05) is 17.5 Å². The number of thiol groups is 1. The Morgan fingerprint density at radius 3 is 3.00 bits per heavy atom.